The average molecular weight is 477 g/mol. The minimum Gasteiger partial charge on any atom is -0.497 e. The third-order valence-corrected chi connectivity index (χ3v) is 7.51. The van der Waals surface area contributed by atoms with Gasteiger partial charge in [0.25, 0.3) is 10.7 Å². The summed E-state index contributed by atoms with van der Waals surface area (Å²) < 4.78 is 45.1. The van der Waals surface area contributed by atoms with Crippen LogP contribution in [0.25, 0.3) is 11.5 Å². The Labute approximate surface area is 191 Å². The number of piperazine rings is 1. The zero-order valence-corrected chi connectivity index (χ0v) is 19.4. The van der Waals surface area contributed by atoms with E-state index >= 15 is 0 Å². The predicted molar refractivity (Wildman–Crippen MR) is 121 cm³/mol. The summed E-state index contributed by atoms with van der Waals surface area (Å²) in [5.41, 5.74) is 0.718. The molecule has 1 fully saturated rings. The summed E-state index contributed by atoms with van der Waals surface area (Å²) in [7, 11) is -0.423. The van der Waals surface area contributed by atoms with Gasteiger partial charge in [0.2, 0.25) is 10.0 Å². The molecular weight excluding hydrogens is 452 g/mol. The zero-order valence-electron chi connectivity index (χ0n) is 17.8. The lowest BCUT2D eigenvalue weighted by Crippen LogP contribution is -2.48. The molecule has 2 aromatic carbocycles. The van der Waals surface area contributed by atoms with Crippen LogP contribution in [-0.2, 0) is 16.7 Å². The van der Waals surface area contributed by atoms with E-state index in [1.165, 1.54) is 4.31 Å². The minimum absolute atomic E-state index is 0.249. The van der Waals surface area contributed by atoms with Gasteiger partial charge in [-0.15, -0.1) is 5.10 Å². The first-order valence-electron chi connectivity index (χ1n) is 10.0. The van der Waals surface area contributed by atoms with Gasteiger partial charge in [0.05, 0.1) is 31.3 Å². The number of para-hydroxylation sites is 1. The predicted octanol–water partition coefficient (Wildman–Crippen LogP) is 2.85. The van der Waals surface area contributed by atoms with Gasteiger partial charge in [0.1, 0.15) is 11.5 Å². The van der Waals surface area contributed by atoms with Crippen LogP contribution in [0.2, 0.25) is 0 Å². The molecule has 0 radical (unpaired) electrons. The Kier molecular flexibility index (Phi) is 6.60. The highest BCUT2D eigenvalue weighted by molar-refractivity contribution is 7.89. The van der Waals surface area contributed by atoms with Gasteiger partial charge in [-0.05, 0) is 48.6 Å². The number of benzene rings is 2. The Morgan fingerprint density at radius 1 is 1.00 bits per heavy atom. The van der Waals surface area contributed by atoms with E-state index in [4.69, 9.17) is 26.1 Å². The van der Waals surface area contributed by atoms with Crippen molar-refractivity contribution in [2.75, 3.05) is 40.4 Å². The number of ether oxygens (including phenoxy) is 2. The smallest absolute Gasteiger partial charge is 0.288 e. The molecule has 4 rings (SSSR count). The van der Waals surface area contributed by atoms with Gasteiger partial charge in [-0.2, -0.15) is 4.31 Å². The maximum Gasteiger partial charge on any atom is 0.288 e. The molecule has 0 atom stereocenters. The normalized spacial score (nSPS) is 15.6. The molecule has 170 valence electrons. The van der Waals surface area contributed by atoms with Crippen LogP contribution in [0.5, 0.6) is 11.5 Å². The van der Waals surface area contributed by atoms with Crippen LogP contribution < -0.4 is 9.47 Å². The Morgan fingerprint density at radius 3 is 2.34 bits per heavy atom. The molecule has 0 N–H and O–H groups in total. The Bertz CT molecular complexity index is 1230. The van der Waals surface area contributed by atoms with E-state index in [-0.39, 0.29) is 9.73 Å². The first-order chi connectivity index (χ1) is 15.4. The highest BCUT2D eigenvalue weighted by atomic mass is 32.2. The number of aromatic nitrogens is 2. The van der Waals surface area contributed by atoms with Crippen molar-refractivity contribution in [1.29, 1.82) is 0 Å². The Balaban J connectivity index is 1.42. The molecule has 0 spiro atoms. The minimum atomic E-state index is -3.56. The number of hydrogen-bond acceptors (Lipinski definition) is 8. The lowest BCUT2D eigenvalue weighted by molar-refractivity contribution is 0.143. The summed E-state index contributed by atoms with van der Waals surface area (Å²) in [5, 5.41) is 4.49. The molecule has 1 aromatic heterocycles. The molecular formula is C21H24N4O5S2. The van der Waals surface area contributed by atoms with Crippen molar-refractivity contribution in [3.63, 3.8) is 0 Å². The molecule has 0 amide bonds. The Hall–Kier alpha value is -2.73. The molecule has 9 nitrogen and oxygen atoms in total. The SMILES string of the molecule is COc1ccc(S(=O)(=O)N2CCN(Cn3nc(-c4ccccc4OC)oc3=S)CC2)cc1. The number of rotatable bonds is 7. The van der Waals surface area contributed by atoms with E-state index in [2.05, 4.69) is 10.00 Å². The zero-order chi connectivity index (χ0) is 22.7. The largest absolute Gasteiger partial charge is 0.497 e. The lowest BCUT2D eigenvalue weighted by Gasteiger charge is -2.33. The van der Waals surface area contributed by atoms with Crippen LogP contribution in [0.1, 0.15) is 0 Å². The second kappa shape index (κ2) is 9.41. The molecule has 11 heteroatoms. The first-order valence-corrected chi connectivity index (χ1v) is 11.8. The fourth-order valence-corrected chi connectivity index (χ4v) is 5.12. The second-order valence-electron chi connectivity index (χ2n) is 7.21. The molecule has 1 aliphatic heterocycles. The lowest BCUT2D eigenvalue weighted by atomic mass is 10.2. The molecule has 32 heavy (non-hydrogen) atoms. The van der Waals surface area contributed by atoms with E-state index in [1.54, 1.807) is 43.2 Å². The van der Waals surface area contributed by atoms with E-state index in [0.29, 0.717) is 50.2 Å². The molecule has 0 saturated carbocycles. The third-order valence-electron chi connectivity index (χ3n) is 5.31. The molecule has 1 aliphatic rings. The van der Waals surface area contributed by atoms with Crippen molar-refractivity contribution in [1.82, 2.24) is 19.0 Å². The van der Waals surface area contributed by atoms with Crippen molar-refractivity contribution < 1.29 is 22.3 Å². The molecule has 3 aromatic rings. The average Bonchev–Trinajstić information content (AvgIpc) is 3.19. The summed E-state index contributed by atoms with van der Waals surface area (Å²) in [6.45, 7) is 2.26. The van der Waals surface area contributed by atoms with Crippen molar-refractivity contribution in [3.8, 4) is 23.0 Å². The van der Waals surface area contributed by atoms with Crippen molar-refractivity contribution in [2.24, 2.45) is 0 Å². The van der Waals surface area contributed by atoms with E-state index in [9.17, 15) is 8.42 Å². The van der Waals surface area contributed by atoms with Crippen molar-refractivity contribution in [3.05, 3.63) is 53.4 Å². The van der Waals surface area contributed by atoms with Crippen LogP contribution in [-0.4, -0.2) is 67.8 Å². The second-order valence-corrected chi connectivity index (χ2v) is 9.50. The van der Waals surface area contributed by atoms with Crippen molar-refractivity contribution in [2.45, 2.75) is 11.6 Å². The standard InChI is InChI=1S/C21H24N4O5S2/c1-28-16-7-9-17(10-8-16)32(26,27)24-13-11-23(12-14-24)15-25-21(31)30-20(22-25)18-5-3-4-6-19(18)29-2/h3-10H,11-15H2,1-2H3. The van der Waals surface area contributed by atoms with Gasteiger partial charge >= 0.3 is 0 Å². The highest BCUT2D eigenvalue weighted by Gasteiger charge is 2.29. The maximum absolute atomic E-state index is 12.9. The van der Waals surface area contributed by atoms with Gasteiger partial charge in [0, 0.05) is 26.2 Å². The topological polar surface area (TPSA) is 90.0 Å². The van der Waals surface area contributed by atoms with Crippen LogP contribution in [0.4, 0.5) is 0 Å². The highest BCUT2D eigenvalue weighted by Crippen LogP contribution is 2.28. The fraction of sp³-hybridized carbons (Fsp3) is 0.333. The third kappa shape index (κ3) is 4.56. The maximum atomic E-state index is 12.9. The van der Waals surface area contributed by atoms with Gasteiger partial charge in [-0.25, -0.2) is 13.1 Å². The van der Waals surface area contributed by atoms with Gasteiger partial charge in [0.15, 0.2) is 0 Å². The monoisotopic (exact) mass is 476 g/mol. The Morgan fingerprint density at radius 2 is 1.69 bits per heavy atom. The molecule has 0 bridgehead atoms. The summed E-state index contributed by atoms with van der Waals surface area (Å²) in [4.78, 5) is 2.59. The van der Waals surface area contributed by atoms with Gasteiger partial charge in [-0.1, -0.05) is 12.1 Å². The summed E-state index contributed by atoms with van der Waals surface area (Å²) >= 11 is 5.34. The first kappa shape index (κ1) is 22.5. The number of methoxy groups -OCH3 is 2. The quantitative estimate of drug-likeness (QED) is 0.481. The summed E-state index contributed by atoms with van der Waals surface area (Å²) in [5.74, 6) is 1.65. The molecule has 0 unspecified atom stereocenters. The van der Waals surface area contributed by atoms with Gasteiger partial charge in [-0.3, -0.25) is 4.90 Å². The fourth-order valence-electron chi connectivity index (χ4n) is 3.52. The number of hydrogen-bond donors (Lipinski definition) is 0. The molecule has 0 aliphatic carbocycles. The van der Waals surface area contributed by atoms with E-state index in [0.717, 1.165) is 5.56 Å². The van der Waals surface area contributed by atoms with Crippen LogP contribution >= 0.6 is 12.2 Å². The summed E-state index contributed by atoms with van der Waals surface area (Å²) in [6.07, 6.45) is 0. The number of nitrogens with zero attached hydrogens (tertiary/aromatic N) is 4. The van der Waals surface area contributed by atoms with E-state index in [1.807, 2.05) is 24.3 Å². The van der Waals surface area contributed by atoms with Crippen LogP contribution in [0.3, 0.4) is 0 Å². The van der Waals surface area contributed by atoms with Crippen LogP contribution in [0.15, 0.2) is 57.8 Å². The van der Waals surface area contributed by atoms with Crippen LogP contribution in [0, 0.1) is 4.84 Å². The van der Waals surface area contributed by atoms with E-state index < -0.39 is 10.0 Å². The van der Waals surface area contributed by atoms with Gasteiger partial charge < -0.3 is 13.9 Å². The number of sulfonamides is 1. The molecule has 2 heterocycles. The molecule has 1 saturated heterocycles. The van der Waals surface area contributed by atoms with Crippen molar-refractivity contribution >= 4 is 22.2 Å². The summed E-state index contributed by atoms with van der Waals surface area (Å²) in [6, 6.07) is 13.8.